The summed E-state index contributed by atoms with van der Waals surface area (Å²) in [5, 5.41) is 0. The molecule has 0 aromatic heterocycles. The van der Waals surface area contributed by atoms with Crippen LogP contribution in [0.3, 0.4) is 0 Å². The first-order valence-corrected chi connectivity index (χ1v) is 6.15. The lowest BCUT2D eigenvalue weighted by atomic mass is 9.87. The van der Waals surface area contributed by atoms with E-state index in [2.05, 4.69) is 38.2 Å². The van der Waals surface area contributed by atoms with Gasteiger partial charge in [-0.3, -0.25) is 0 Å². The van der Waals surface area contributed by atoms with Crippen LogP contribution >= 0.6 is 0 Å². The zero-order valence-corrected chi connectivity index (χ0v) is 10.6. The molecule has 0 radical (unpaired) electrons. The van der Waals surface area contributed by atoms with Gasteiger partial charge < -0.3 is 9.47 Å². The number of hydrogen-bond donors (Lipinski definition) is 0. The largest absolute Gasteiger partial charge is 0.497 e. The van der Waals surface area contributed by atoms with E-state index in [1.807, 2.05) is 12.1 Å². The van der Waals surface area contributed by atoms with Crippen LogP contribution in [0.4, 0.5) is 0 Å². The van der Waals surface area contributed by atoms with Crippen molar-refractivity contribution in [3.8, 4) is 11.5 Å². The summed E-state index contributed by atoms with van der Waals surface area (Å²) in [6.45, 7) is 0.727. The van der Waals surface area contributed by atoms with Gasteiger partial charge in [-0.05, 0) is 23.8 Å². The molecular formula is C15H15BO2. The van der Waals surface area contributed by atoms with Crippen LogP contribution in [0.1, 0.15) is 17.0 Å². The maximum atomic E-state index is 5.75. The minimum absolute atomic E-state index is 0.339. The first kappa shape index (κ1) is 11.2. The van der Waals surface area contributed by atoms with Crippen LogP contribution in [0.5, 0.6) is 11.5 Å². The molecule has 0 fully saturated rings. The fourth-order valence-electron chi connectivity index (χ4n) is 2.45. The van der Waals surface area contributed by atoms with Crippen molar-refractivity contribution in [3.63, 3.8) is 0 Å². The third-order valence-corrected chi connectivity index (χ3v) is 3.46. The van der Waals surface area contributed by atoms with E-state index in [4.69, 9.17) is 9.47 Å². The molecule has 0 spiro atoms. The van der Waals surface area contributed by atoms with Gasteiger partial charge in [0.15, 0.2) is 0 Å². The highest BCUT2D eigenvalue weighted by atomic mass is 16.5. The van der Waals surface area contributed by atoms with Crippen molar-refractivity contribution in [2.24, 2.45) is 0 Å². The van der Waals surface area contributed by atoms with Gasteiger partial charge in [0.1, 0.15) is 19.3 Å². The first-order chi connectivity index (χ1) is 8.78. The zero-order chi connectivity index (χ0) is 12.5. The summed E-state index contributed by atoms with van der Waals surface area (Å²) in [5.41, 5.74) is 3.85. The number of hydrogen-bond acceptors (Lipinski definition) is 2. The van der Waals surface area contributed by atoms with E-state index in [1.54, 1.807) is 7.11 Å². The third kappa shape index (κ3) is 1.86. The molecule has 3 heteroatoms. The average molecular weight is 238 g/mol. The molecule has 2 aromatic carbocycles. The summed E-state index contributed by atoms with van der Waals surface area (Å²) in [6, 6.07) is 14.6. The average Bonchev–Trinajstić information content (AvgIpc) is 2.82. The summed E-state index contributed by atoms with van der Waals surface area (Å²) in [7, 11) is 3.80. The Labute approximate surface area is 108 Å². The lowest BCUT2D eigenvalue weighted by molar-refractivity contribution is 0.343. The van der Waals surface area contributed by atoms with Gasteiger partial charge in [0, 0.05) is 11.5 Å². The molecular weight excluding hydrogens is 223 g/mol. The molecule has 0 saturated carbocycles. The molecule has 0 amide bonds. The number of methoxy groups -OCH3 is 1. The van der Waals surface area contributed by atoms with E-state index in [0.29, 0.717) is 5.92 Å². The molecule has 3 rings (SSSR count). The lowest BCUT2D eigenvalue weighted by Crippen LogP contribution is -2.05. The van der Waals surface area contributed by atoms with Gasteiger partial charge in [0.25, 0.3) is 0 Å². The summed E-state index contributed by atoms with van der Waals surface area (Å²) < 4.78 is 10.9. The van der Waals surface area contributed by atoms with Crippen molar-refractivity contribution in [2.45, 2.75) is 5.92 Å². The third-order valence-electron chi connectivity index (χ3n) is 3.46. The number of fused-ring (bicyclic) bond motifs is 1. The molecule has 2 aromatic rings. The van der Waals surface area contributed by atoms with Crippen LogP contribution in [0.25, 0.3) is 0 Å². The second-order valence-electron chi connectivity index (χ2n) is 4.68. The van der Waals surface area contributed by atoms with Crippen molar-refractivity contribution in [1.29, 1.82) is 0 Å². The van der Waals surface area contributed by atoms with Gasteiger partial charge >= 0.3 is 0 Å². The highest BCUT2D eigenvalue weighted by molar-refractivity contribution is 6.32. The zero-order valence-electron chi connectivity index (χ0n) is 10.6. The Morgan fingerprint density at radius 2 is 1.94 bits per heavy atom. The predicted octanol–water partition coefficient (Wildman–Crippen LogP) is 1.48. The van der Waals surface area contributed by atoms with Crippen molar-refractivity contribution in [1.82, 2.24) is 0 Å². The number of ether oxygens (including phenoxy) is 2. The molecule has 1 aliphatic heterocycles. The Kier molecular flexibility index (Phi) is 2.75. The molecule has 1 atom stereocenters. The molecule has 1 aliphatic rings. The van der Waals surface area contributed by atoms with E-state index in [9.17, 15) is 0 Å². The van der Waals surface area contributed by atoms with E-state index in [-0.39, 0.29) is 0 Å². The highest BCUT2D eigenvalue weighted by Gasteiger charge is 2.25. The van der Waals surface area contributed by atoms with Crippen LogP contribution in [-0.4, -0.2) is 21.6 Å². The Morgan fingerprint density at radius 1 is 1.17 bits per heavy atom. The lowest BCUT2D eigenvalue weighted by Gasteiger charge is -2.10. The Hall–Kier alpha value is -1.90. The molecule has 0 bridgehead atoms. The van der Waals surface area contributed by atoms with Gasteiger partial charge in [-0.2, -0.15) is 0 Å². The Morgan fingerprint density at radius 3 is 2.67 bits per heavy atom. The fourth-order valence-corrected chi connectivity index (χ4v) is 2.45. The fraction of sp³-hybridized carbons (Fsp3) is 0.200. The monoisotopic (exact) mass is 238 g/mol. The summed E-state index contributed by atoms with van der Waals surface area (Å²) in [4.78, 5) is 0. The molecule has 1 unspecified atom stereocenters. The Balaban J connectivity index is 1.97. The van der Waals surface area contributed by atoms with Gasteiger partial charge in [-0.25, -0.2) is 0 Å². The molecule has 1 heterocycles. The second-order valence-corrected chi connectivity index (χ2v) is 4.68. The van der Waals surface area contributed by atoms with Crippen molar-refractivity contribution >= 4 is 13.3 Å². The molecule has 0 aliphatic carbocycles. The standard InChI is InChI=1S/C15H15BO2/c1-17-12-5-2-10(3-6-12)14-9-18-15-7-4-11(16)8-13(14)15/h2-8,14H,9,16H2,1H3. The smallest absolute Gasteiger partial charge is 0.139 e. The minimum atomic E-state index is 0.339. The summed E-state index contributed by atoms with van der Waals surface area (Å²) in [6.07, 6.45) is 0. The van der Waals surface area contributed by atoms with Gasteiger partial charge in [-0.15, -0.1) is 0 Å². The van der Waals surface area contributed by atoms with E-state index < -0.39 is 0 Å². The topological polar surface area (TPSA) is 18.5 Å². The minimum Gasteiger partial charge on any atom is -0.497 e. The maximum absolute atomic E-state index is 5.75. The maximum Gasteiger partial charge on any atom is 0.139 e. The van der Waals surface area contributed by atoms with Gasteiger partial charge in [-0.1, -0.05) is 29.7 Å². The van der Waals surface area contributed by atoms with Crippen molar-refractivity contribution in [3.05, 3.63) is 53.6 Å². The molecule has 0 saturated heterocycles. The molecule has 0 N–H and O–H groups in total. The quantitative estimate of drug-likeness (QED) is 0.738. The molecule has 90 valence electrons. The van der Waals surface area contributed by atoms with E-state index in [1.165, 1.54) is 16.6 Å². The normalized spacial score (nSPS) is 17.1. The first-order valence-electron chi connectivity index (χ1n) is 6.15. The predicted molar refractivity (Wildman–Crippen MR) is 75.0 cm³/mol. The summed E-state index contributed by atoms with van der Waals surface area (Å²) >= 11 is 0. The number of rotatable bonds is 2. The van der Waals surface area contributed by atoms with E-state index >= 15 is 0 Å². The highest BCUT2D eigenvalue weighted by Crippen LogP contribution is 2.37. The number of benzene rings is 2. The molecule has 18 heavy (non-hydrogen) atoms. The van der Waals surface area contributed by atoms with Gasteiger partial charge in [0.2, 0.25) is 0 Å². The van der Waals surface area contributed by atoms with Crippen molar-refractivity contribution in [2.75, 3.05) is 13.7 Å². The van der Waals surface area contributed by atoms with Crippen LogP contribution < -0.4 is 14.9 Å². The summed E-state index contributed by atoms with van der Waals surface area (Å²) in [5.74, 6) is 2.24. The SMILES string of the molecule is Bc1ccc2c(c1)C(c1ccc(OC)cc1)CO2. The van der Waals surface area contributed by atoms with Crippen LogP contribution in [0, 0.1) is 0 Å². The second kappa shape index (κ2) is 4.41. The van der Waals surface area contributed by atoms with Crippen LogP contribution in [0.15, 0.2) is 42.5 Å². The van der Waals surface area contributed by atoms with Gasteiger partial charge in [0.05, 0.1) is 13.7 Å². The van der Waals surface area contributed by atoms with Crippen LogP contribution in [0.2, 0.25) is 0 Å². The Bertz CT molecular complexity index is 563. The van der Waals surface area contributed by atoms with E-state index in [0.717, 1.165) is 18.1 Å². The molecule has 2 nitrogen and oxygen atoms in total. The van der Waals surface area contributed by atoms with Crippen LogP contribution in [-0.2, 0) is 0 Å². The van der Waals surface area contributed by atoms with Crippen molar-refractivity contribution < 1.29 is 9.47 Å².